The number of ether oxygens (including phenoxy) is 1. The summed E-state index contributed by atoms with van der Waals surface area (Å²) in [6, 6.07) is 0. The van der Waals surface area contributed by atoms with Gasteiger partial charge in [0, 0.05) is 5.57 Å². The minimum atomic E-state index is -0.183. The molecule has 0 heterocycles. The normalized spacial score (nSPS) is 24.5. The van der Waals surface area contributed by atoms with Crippen LogP contribution in [0.4, 0.5) is 0 Å². The Bertz CT molecular complexity index is 294. The van der Waals surface area contributed by atoms with Crippen LogP contribution >= 0.6 is 0 Å². The van der Waals surface area contributed by atoms with Gasteiger partial charge in [0.2, 0.25) is 0 Å². The van der Waals surface area contributed by atoms with Gasteiger partial charge in [0.25, 0.3) is 0 Å². The molecule has 0 aromatic rings. The molecular formula is C15H24O2. The van der Waals surface area contributed by atoms with Gasteiger partial charge < -0.3 is 4.74 Å². The molecule has 0 aliphatic heterocycles. The van der Waals surface area contributed by atoms with Crippen molar-refractivity contribution >= 4 is 5.97 Å². The summed E-state index contributed by atoms with van der Waals surface area (Å²) in [6.45, 7) is 5.44. The monoisotopic (exact) mass is 236 g/mol. The predicted octanol–water partition coefficient (Wildman–Crippen LogP) is 4.00. The zero-order valence-electron chi connectivity index (χ0n) is 11.0. The minimum absolute atomic E-state index is 0.142. The molecule has 2 fully saturated rings. The summed E-state index contributed by atoms with van der Waals surface area (Å²) in [7, 11) is 0. The van der Waals surface area contributed by atoms with Crippen LogP contribution in [0.3, 0.4) is 0 Å². The van der Waals surface area contributed by atoms with Crippen molar-refractivity contribution in [1.82, 2.24) is 0 Å². The van der Waals surface area contributed by atoms with Gasteiger partial charge in [-0.2, -0.15) is 0 Å². The van der Waals surface area contributed by atoms with E-state index in [1.807, 2.05) is 0 Å². The van der Waals surface area contributed by atoms with E-state index in [1.54, 1.807) is 6.92 Å². The number of hydrogen-bond donors (Lipinski definition) is 0. The van der Waals surface area contributed by atoms with Crippen LogP contribution in [0, 0.1) is 5.92 Å². The number of hydrogen-bond acceptors (Lipinski definition) is 2. The Morgan fingerprint density at radius 2 is 1.71 bits per heavy atom. The fourth-order valence-electron chi connectivity index (χ4n) is 3.47. The fourth-order valence-corrected chi connectivity index (χ4v) is 3.47. The van der Waals surface area contributed by atoms with E-state index < -0.39 is 0 Å². The van der Waals surface area contributed by atoms with Gasteiger partial charge in [0.1, 0.15) is 5.60 Å². The maximum atomic E-state index is 11.8. The third-order valence-electron chi connectivity index (χ3n) is 4.44. The SMILES string of the molecule is C=C(C)C(=O)OC1(C2CCCCC2)CCCC1. The second-order valence-corrected chi connectivity index (χ2v) is 5.78. The molecule has 0 bridgehead atoms. The van der Waals surface area contributed by atoms with Crippen molar-refractivity contribution in [2.75, 3.05) is 0 Å². The summed E-state index contributed by atoms with van der Waals surface area (Å²) in [4.78, 5) is 11.8. The molecule has 2 heteroatoms. The van der Waals surface area contributed by atoms with Gasteiger partial charge in [-0.05, 0) is 51.4 Å². The molecule has 96 valence electrons. The van der Waals surface area contributed by atoms with Crippen LogP contribution in [0.15, 0.2) is 12.2 Å². The minimum Gasteiger partial charge on any atom is -0.455 e. The van der Waals surface area contributed by atoms with Crippen molar-refractivity contribution in [1.29, 1.82) is 0 Å². The first kappa shape index (κ1) is 12.7. The van der Waals surface area contributed by atoms with Crippen LogP contribution in [-0.4, -0.2) is 11.6 Å². The van der Waals surface area contributed by atoms with Gasteiger partial charge in [-0.3, -0.25) is 0 Å². The number of rotatable bonds is 3. The molecule has 2 aliphatic rings. The molecule has 0 atom stereocenters. The van der Waals surface area contributed by atoms with E-state index in [-0.39, 0.29) is 11.6 Å². The highest BCUT2D eigenvalue weighted by atomic mass is 16.6. The Labute approximate surface area is 104 Å². The molecule has 0 spiro atoms. The van der Waals surface area contributed by atoms with Crippen molar-refractivity contribution in [3.8, 4) is 0 Å². The van der Waals surface area contributed by atoms with Crippen LogP contribution < -0.4 is 0 Å². The Morgan fingerprint density at radius 3 is 2.24 bits per heavy atom. The van der Waals surface area contributed by atoms with Crippen molar-refractivity contribution in [3.63, 3.8) is 0 Å². The molecule has 0 N–H and O–H groups in total. The van der Waals surface area contributed by atoms with E-state index in [9.17, 15) is 4.79 Å². The first-order chi connectivity index (χ1) is 8.14. The smallest absolute Gasteiger partial charge is 0.333 e. The second-order valence-electron chi connectivity index (χ2n) is 5.78. The lowest BCUT2D eigenvalue weighted by atomic mass is 9.75. The molecule has 0 unspecified atom stereocenters. The number of esters is 1. The van der Waals surface area contributed by atoms with Gasteiger partial charge in [-0.1, -0.05) is 25.8 Å². The highest BCUT2D eigenvalue weighted by Crippen LogP contribution is 2.45. The molecule has 2 aliphatic carbocycles. The van der Waals surface area contributed by atoms with Crippen LogP contribution in [0.1, 0.15) is 64.7 Å². The van der Waals surface area contributed by atoms with Gasteiger partial charge in [-0.25, -0.2) is 4.79 Å². The van der Waals surface area contributed by atoms with Crippen molar-refractivity contribution in [2.24, 2.45) is 5.92 Å². The van der Waals surface area contributed by atoms with Crippen molar-refractivity contribution in [2.45, 2.75) is 70.3 Å². The van der Waals surface area contributed by atoms with E-state index in [2.05, 4.69) is 6.58 Å². The summed E-state index contributed by atoms with van der Waals surface area (Å²) < 4.78 is 5.86. The zero-order valence-corrected chi connectivity index (χ0v) is 11.0. The maximum Gasteiger partial charge on any atom is 0.333 e. The van der Waals surface area contributed by atoms with Crippen LogP contribution in [-0.2, 0) is 9.53 Å². The lowest BCUT2D eigenvalue weighted by Gasteiger charge is -2.39. The van der Waals surface area contributed by atoms with Crippen LogP contribution in [0.5, 0.6) is 0 Å². The van der Waals surface area contributed by atoms with Gasteiger partial charge in [0.05, 0.1) is 0 Å². The average Bonchev–Trinajstić information content (AvgIpc) is 2.80. The molecule has 0 aromatic heterocycles. The summed E-state index contributed by atoms with van der Waals surface area (Å²) in [6.07, 6.45) is 11.0. The molecule has 2 saturated carbocycles. The lowest BCUT2D eigenvalue weighted by Crippen LogP contribution is -2.41. The topological polar surface area (TPSA) is 26.3 Å². The third-order valence-corrected chi connectivity index (χ3v) is 4.44. The Kier molecular flexibility index (Phi) is 3.90. The van der Waals surface area contributed by atoms with Crippen LogP contribution in [0.25, 0.3) is 0 Å². The Balaban J connectivity index is 2.08. The molecular weight excluding hydrogens is 212 g/mol. The van der Waals surface area contributed by atoms with E-state index in [4.69, 9.17) is 4.74 Å². The number of carbonyl (C=O) groups excluding carboxylic acids is 1. The fraction of sp³-hybridized carbons (Fsp3) is 0.800. The highest BCUT2D eigenvalue weighted by molar-refractivity contribution is 5.87. The van der Waals surface area contributed by atoms with E-state index in [0.717, 1.165) is 12.8 Å². The van der Waals surface area contributed by atoms with Gasteiger partial charge >= 0.3 is 5.97 Å². The molecule has 0 amide bonds. The van der Waals surface area contributed by atoms with Gasteiger partial charge in [0.15, 0.2) is 0 Å². The first-order valence-corrected chi connectivity index (χ1v) is 7.03. The quantitative estimate of drug-likeness (QED) is 0.547. The highest BCUT2D eigenvalue weighted by Gasteiger charge is 2.44. The largest absolute Gasteiger partial charge is 0.455 e. The first-order valence-electron chi connectivity index (χ1n) is 7.03. The average molecular weight is 236 g/mol. The standard InChI is InChI=1S/C15H24O2/c1-12(2)14(16)17-15(10-6-7-11-15)13-8-4-3-5-9-13/h13H,1,3-11H2,2H3. The van der Waals surface area contributed by atoms with E-state index in [1.165, 1.54) is 44.9 Å². The Morgan fingerprint density at radius 1 is 1.12 bits per heavy atom. The molecule has 2 rings (SSSR count). The lowest BCUT2D eigenvalue weighted by molar-refractivity contribution is -0.162. The Hall–Kier alpha value is -0.790. The summed E-state index contributed by atoms with van der Waals surface area (Å²) in [5, 5.41) is 0. The third kappa shape index (κ3) is 2.72. The van der Waals surface area contributed by atoms with Crippen molar-refractivity contribution < 1.29 is 9.53 Å². The summed E-state index contributed by atoms with van der Waals surface area (Å²) in [5.41, 5.74) is 0.392. The zero-order chi connectivity index (χ0) is 12.3. The molecule has 0 aromatic carbocycles. The summed E-state index contributed by atoms with van der Waals surface area (Å²) >= 11 is 0. The summed E-state index contributed by atoms with van der Waals surface area (Å²) in [5.74, 6) is 0.416. The second kappa shape index (κ2) is 5.24. The predicted molar refractivity (Wildman–Crippen MR) is 68.7 cm³/mol. The molecule has 0 saturated heterocycles. The van der Waals surface area contributed by atoms with Crippen LogP contribution in [0.2, 0.25) is 0 Å². The molecule has 2 nitrogen and oxygen atoms in total. The maximum absolute atomic E-state index is 11.8. The van der Waals surface area contributed by atoms with E-state index >= 15 is 0 Å². The van der Waals surface area contributed by atoms with Crippen molar-refractivity contribution in [3.05, 3.63) is 12.2 Å². The number of carbonyl (C=O) groups is 1. The molecule has 0 radical (unpaired) electrons. The van der Waals surface area contributed by atoms with E-state index in [0.29, 0.717) is 11.5 Å². The molecule has 17 heavy (non-hydrogen) atoms. The van der Waals surface area contributed by atoms with Gasteiger partial charge in [-0.15, -0.1) is 0 Å².